The summed E-state index contributed by atoms with van der Waals surface area (Å²) < 4.78 is 12.7. The van der Waals surface area contributed by atoms with Crippen LogP contribution < -0.4 is 0 Å². The number of ether oxygens (including phenoxy) is 2. The third-order valence-corrected chi connectivity index (χ3v) is 6.38. The van der Waals surface area contributed by atoms with Crippen LogP contribution in [0.5, 0.6) is 0 Å². The van der Waals surface area contributed by atoms with Gasteiger partial charge in [0.15, 0.2) is 5.79 Å². The van der Waals surface area contributed by atoms with Gasteiger partial charge in [0.25, 0.3) is 0 Å². The van der Waals surface area contributed by atoms with Crippen LogP contribution in [0.2, 0.25) is 0 Å². The van der Waals surface area contributed by atoms with Crippen LogP contribution in [0.15, 0.2) is 12.2 Å². The summed E-state index contributed by atoms with van der Waals surface area (Å²) in [5, 5.41) is 0. The first-order valence-corrected chi connectivity index (χ1v) is 9.20. The molecule has 1 spiro atoms. The molecule has 2 aliphatic carbocycles. The molecule has 23 heavy (non-hydrogen) atoms. The summed E-state index contributed by atoms with van der Waals surface area (Å²) in [4.78, 5) is 11.8. The maximum absolute atomic E-state index is 11.8. The number of allylic oxidation sites excluding steroid dienone is 1. The fourth-order valence-electron chi connectivity index (χ4n) is 5.17. The fourth-order valence-corrected chi connectivity index (χ4v) is 5.17. The summed E-state index contributed by atoms with van der Waals surface area (Å²) in [5.41, 5.74) is 1.50. The molecule has 3 rings (SSSR count). The van der Waals surface area contributed by atoms with Crippen molar-refractivity contribution < 1.29 is 14.3 Å². The molecule has 1 saturated heterocycles. The topological polar surface area (TPSA) is 35.5 Å². The van der Waals surface area contributed by atoms with Gasteiger partial charge in [-0.05, 0) is 44.4 Å². The van der Waals surface area contributed by atoms with Crippen LogP contribution >= 0.6 is 0 Å². The number of aldehydes is 1. The highest BCUT2D eigenvalue weighted by Crippen LogP contribution is 2.63. The van der Waals surface area contributed by atoms with Gasteiger partial charge in [-0.3, -0.25) is 0 Å². The first-order chi connectivity index (χ1) is 10.8. The third-order valence-electron chi connectivity index (χ3n) is 6.38. The van der Waals surface area contributed by atoms with Gasteiger partial charge in [0.05, 0.1) is 13.2 Å². The van der Waals surface area contributed by atoms with E-state index in [0.29, 0.717) is 0 Å². The zero-order valence-corrected chi connectivity index (χ0v) is 15.0. The fraction of sp³-hybridized carbons (Fsp3) is 0.850. The van der Waals surface area contributed by atoms with Gasteiger partial charge in [-0.1, -0.05) is 25.8 Å². The molecule has 2 saturated carbocycles. The number of carbonyl (C=O) groups is 1. The molecule has 0 amide bonds. The van der Waals surface area contributed by atoms with Crippen LogP contribution in [0, 0.1) is 22.7 Å². The molecule has 0 bridgehead atoms. The standard InChI is InChI=1S/C20H32O3/c1-15(2)7-9-19-8-5-6-16(12-21)17(19)20(11-10-19)22-13-18(3,4)14-23-20/h12,16-17H,1,5-11,13-14H2,2-4H3. The molecule has 1 heterocycles. The molecule has 0 N–H and O–H groups in total. The Hall–Kier alpha value is -0.670. The van der Waals surface area contributed by atoms with Gasteiger partial charge in [-0.25, -0.2) is 0 Å². The van der Waals surface area contributed by atoms with E-state index in [0.717, 1.165) is 51.7 Å². The summed E-state index contributed by atoms with van der Waals surface area (Å²) in [6, 6.07) is 0. The van der Waals surface area contributed by atoms with E-state index in [9.17, 15) is 4.79 Å². The Kier molecular flexibility index (Phi) is 4.48. The minimum Gasteiger partial charge on any atom is -0.349 e. The Bertz CT molecular complexity index is 471. The predicted molar refractivity (Wildman–Crippen MR) is 91.0 cm³/mol. The summed E-state index contributed by atoms with van der Waals surface area (Å²) in [6.07, 6.45) is 8.74. The molecule has 3 fully saturated rings. The van der Waals surface area contributed by atoms with Crippen molar-refractivity contribution in [3.8, 4) is 0 Å². The van der Waals surface area contributed by atoms with Crippen LogP contribution in [-0.4, -0.2) is 25.3 Å². The zero-order valence-electron chi connectivity index (χ0n) is 15.0. The van der Waals surface area contributed by atoms with E-state index in [1.807, 2.05) is 0 Å². The van der Waals surface area contributed by atoms with E-state index >= 15 is 0 Å². The number of hydrogen-bond donors (Lipinski definition) is 0. The molecular formula is C20H32O3. The lowest BCUT2D eigenvalue weighted by Gasteiger charge is -2.51. The minimum absolute atomic E-state index is 0.0690. The summed E-state index contributed by atoms with van der Waals surface area (Å²) >= 11 is 0. The maximum atomic E-state index is 11.8. The summed E-state index contributed by atoms with van der Waals surface area (Å²) in [7, 11) is 0. The highest BCUT2D eigenvalue weighted by Gasteiger charge is 2.63. The molecule has 3 heteroatoms. The Labute approximate surface area is 140 Å². The van der Waals surface area contributed by atoms with E-state index in [2.05, 4.69) is 27.4 Å². The van der Waals surface area contributed by atoms with Gasteiger partial charge in [0, 0.05) is 23.7 Å². The second-order valence-corrected chi connectivity index (χ2v) is 9.04. The first-order valence-electron chi connectivity index (χ1n) is 9.20. The molecule has 0 aromatic rings. The molecule has 1 aliphatic heterocycles. The second kappa shape index (κ2) is 6.00. The average molecular weight is 320 g/mol. The minimum atomic E-state index is -0.517. The number of carbonyl (C=O) groups excluding carboxylic acids is 1. The van der Waals surface area contributed by atoms with Gasteiger partial charge >= 0.3 is 0 Å². The lowest BCUT2D eigenvalue weighted by atomic mass is 9.60. The molecule has 0 aromatic heterocycles. The van der Waals surface area contributed by atoms with Crippen molar-refractivity contribution in [1.82, 2.24) is 0 Å². The van der Waals surface area contributed by atoms with Gasteiger partial charge in [-0.2, -0.15) is 0 Å². The van der Waals surface area contributed by atoms with Crippen molar-refractivity contribution in [1.29, 1.82) is 0 Å². The van der Waals surface area contributed by atoms with Crippen LogP contribution in [0.1, 0.15) is 65.7 Å². The van der Waals surface area contributed by atoms with Crippen molar-refractivity contribution in [2.45, 2.75) is 71.5 Å². The summed E-state index contributed by atoms with van der Waals surface area (Å²) in [6.45, 7) is 12.0. The highest BCUT2D eigenvalue weighted by atomic mass is 16.7. The molecule has 3 unspecified atom stereocenters. The van der Waals surface area contributed by atoms with Crippen molar-refractivity contribution in [2.24, 2.45) is 22.7 Å². The van der Waals surface area contributed by atoms with Gasteiger partial charge in [0.1, 0.15) is 6.29 Å². The second-order valence-electron chi connectivity index (χ2n) is 9.04. The Morgan fingerprint density at radius 1 is 1.22 bits per heavy atom. The summed E-state index contributed by atoms with van der Waals surface area (Å²) in [5.74, 6) is -0.217. The average Bonchev–Trinajstić information content (AvgIpc) is 2.84. The lowest BCUT2D eigenvalue weighted by molar-refractivity contribution is -0.327. The van der Waals surface area contributed by atoms with Crippen molar-refractivity contribution in [3.05, 3.63) is 12.2 Å². The van der Waals surface area contributed by atoms with E-state index in [1.54, 1.807) is 0 Å². The largest absolute Gasteiger partial charge is 0.349 e. The Balaban J connectivity index is 1.88. The molecule has 3 aliphatic rings. The van der Waals surface area contributed by atoms with Crippen LogP contribution in [0.25, 0.3) is 0 Å². The molecule has 130 valence electrons. The smallest absolute Gasteiger partial charge is 0.172 e. The van der Waals surface area contributed by atoms with Crippen LogP contribution in [0.3, 0.4) is 0 Å². The zero-order chi connectivity index (χ0) is 16.7. The maximum Gasteiger partial charge on any atom is 0.172 e. The van der Waals surface area contributed by atoms with Gasteiger partial charge in [0.2, 0.25) is 0 Å². The number of fused-ring (bicyclic) bond motifs is 2. The normalized spacial score (nSPS) is 38.2. The molecular weight excluding hydrogens is 288 g/mol. The quantitative estimate of drug-likeness (QED) is 0.565. The monoisotopic (exact) mass is 320 g/mol. The van der Waals surface area contributed by atoms with Crippen molar-refractivity contribution in [3.63, 3.8) is 0 Å². The van der Waals surface area contributed by atoms with Crippen molar-refractivity contribution in [2.75, 3.05) is 13.2 Å². The van der Waals surface area contributed by atoms with Gasteiger partial charge < -0.3 is 14.3 Å². The number of hydrogen-bond acceptors (Lipinski definition) is 3. The van der Waals surface area contributed by atoms with E-state index in [4.69, 9.17) is 9.47 Å². The molecule has 0 aromatic carbocycles. The van der Waals surface area contributed by atoms with Crippen LogP contribution in [0.4, 0.5) is 0 Å². The van der Waals surface area contributed by atoms with Gasteiger partial charge in [-0.15, -0.1) is 6.58 Å². The molecule has 0 radical (unpaired) electrons. The van der Waals surface area contributed by atoms with E-state index in [1.165, 1.54) is 18.3 Å². The first kappa shape index (κ1) is 17.2. The molecule has 3 nitrogen and oxygen atoms in total. The Morgan fingerprint density at radius 2 is 1.91 bits per heavy atom. The number of rotatable bonds is 4. The van der Waals surface area contributed by atoms with Crippen molar-refractivity contribution >= 4 is 6.29 Å². The molecule has 3 atom stereocenters. The third kappa shape index (κ3) is 3.02. The Morgan fingerprint density at radius 3 is 2.52 bits per heavy atom. The lowest BCUT2D eigenvalue weighted by Crippen LogP contribution is -2.55. The van der Waals surface area contributed by atoms with Crippen LogP contribution in [-0.2, 0) is 14.3 Å². The van der Waals surface area contributed by atoms with E-state index < -0.39 is 5.79 Å². The van der Waals surface area contributed by atoms with E-state index in [-0.39, 0.29) is 22.7 Å². The SMILES string of the molecule is C=C(C)CCC12CCCC(C=O)C1C1(CC2)OCC(C)(C)CO1. The highest BCUT2D eigenvalue weighted by molar-refractivity contribution is 5.55. The predicted octanol–water partition coefficient (Wildman–Crippen LogP) is 4.51.